The predicted octanol–water partition coefficient (Wildman–Crippen LogP) is 5.23. The highest BCUT2D eigenvalue weighted by molar-refractivity contribution is 6.31. The molecule has 13 heteroatoms. The van der Waals surface area contributed by atoms with Crippen molar-refractivity contribution in [3.63, 3.8) is 0 Å². The molecule has 0 saturated carbocycles. The van der Waals surface area contributed by atoms with Crippen LogP contribution in [0, 0.1) is 5.82 Å². The summed E-state index contributed by atoms with van der Waals surface area (Å²) in [5.41, 5.74) is 2.14. The largest absolute Gasteiger partial charge is 0.494 e. The number of aliphatic imine (C=N–C) groups is 1. The number of pyridine rings is 1. The third-order valence-electron chi connectivity index (χ3n) is 6.06. The summed E-state index contributed by atoms with van der Waals surface area (Å²) >= 11 is 6.65. The van der Waals surface area contributed by atoms with Crippen LogP contribution in [0.1, 0.15) is 35.8 Å². The maximum atomic E-state index is 13.6. The lowest BCUT2D eigenvalue weighted by Gasteiger charge is -2.27. The third kappa shape index (κ3) is 5.97. The van der Waals surface area contributed by atoms with E-state index in [1.165, 1.54) is 43.6 Å². The van der Waals surface area contributed by atoms with E-state index in [0.29, 0.717) is 34.2 Å². The van der Waals surface area contributed by atoms with Gasteiger partial charge in [0.2, 0.25) is 5.96 Å². The van der Waals surface area contributed by atoms with Gasteiger partial charge in [0, 0.05) is 28.5 Å². The number of ether oxygens (including phenoxy) is 2. The number of fused-ring (bicyclic) bond motifs is 1. The highest BCUT2D eigenvalue weighted by atomic mass is 35.5. The van der Waals surface area contributed by atoms with Gasteiger partial charge >= 0.3 is 12.0 Å². The number of oxazole rings is 1. The third-order valence-corrected chi connectivity index (χ3v) is 6.39. The molecule has 41 heavy (non-hydrogen) atoms. The van der Waals surface area contributed by atoms with Crippen molar-refractivity contribution in [3.8, 4) is 5.75 Å². The Morgan fingerprint density at radius 2 is 2.00 bits per heavy atom. The van der Waals surface area contributed by atoms with Crippen molar-refractivity contribution < 1.29 is 27.9 Å². The Bertz CT molecular complexity index is 1720. The van der Waals surface area contributed by atoms with Gasteiger partial charge in [-0.1, -0.05) is 17.7 Å². The topological polar surface area (TPSA) is 140 Å². The Balaban J connectivity index is 1.49. The van der Waals surface area contributed by atoms with Crippen molar-refractivity contribution in [1.82, 2.24) is 15.3 Å². The van der Waals surface area contributed by atoms with Gasteiger partial charge in [-0.25, -0.2) is 19.2 Å². The zero-order valence-electron chi connectivity index (χ0n) is 22.1. The van der Waals surface area contributed by atoms with Crippen LogP contribution in [0.15, 0.2) is 75.4 Å². The predicted molar refractivity (Wildman–Crippen MR) is 150 cm³/mol. The van der Waals surface area contributed by atoms with Gasteiger partial charge in [0.05, 0.1) is 24.9 Å². The highest BCUT2D eigenvalue weighted by Crippen LogP contribution is 2.37. The number of guanidine groups is 1. The SMILES string of the molecule is CCOc1ccc(C2N=C(Nc3nc4ccc(F)cc4o3)NC(C)=C2C(=O)Nc2cc(C(=O)OC)ccn2)c(Cl)c1. The van der Waals surface area contributed by atoms with Gasteiger partial charge in [-0.3, -0.25) is 10.1 Å². The van der Waals surface area contributed by atoms with Crippen molar-refractivity contribution in [2.75, 3.05) is 24.4 Å². The zero-order chi connectivity index (χ0) is 29.1. The second kappa shape index (κ2) is 11.6. The van der Waals surface area contributed by atoms with Crippen LogP contribution >= 0.6 is 11.6 Å². The van der Waals surface area contributed by atoms with E-state index in [-0.39, 0.29) is 34.5 Å². The lowest BCUT2D eigenvalue weighted by atomic mass is 9.95. The molecule has 1 aliphatic heterocycles. The monoisotopic (exact) mass is 578 g/mol. The molecule has 1 amide bonds. The summed E-state index contributed by atoms with van der Waals surface area (Å²) in [6.45, 7) is 4.00. The number of carbonyl (C=O) groups is 2. The van der Waals surface area contributed by atoms with Crippen LogP contribution in [0.3, 0.4) is 0 Å². The molecule has 210 valence electrons. The second-order valence-electron chi connectivity index (χ2n) is 8.79. The quantitative estimate of drug-likeness (QED) is 0.252. The minimum atomic E-state index is -0.882. The number of amides is 1. The Morgan fingerprint density at radius 1 is 1.17 bits per heavy atom. The summed E-state index contributed by atoms with van der Waals surface area (Å²) in [5, 5.41) is 9.04. The summed E-state index contributed by atoms with van der Waals surface area (Å²) in [4.78, 5) is 38.7. The van der Waals surface area contributed by atoms with Crippen LogP contribution in [0.5, 0.6) is 5.75 Å². The van der Waals surface area contributed by atoms with Crippen molar-refractivity contribution in [1.29, 1.82) is 0 Å². The first kappa shape index (κ1) is 27.6. The Labute approximate surface area is 238 Å². The van der Waals surface area contributed by atoms with Crippen LogP contribution in [0.4, 0.5) is 16.2 Å². The summed E-state index contributed by atoms with van der Waals surface area (Å²) in [6.07, 6.45) is 1.38. The zero-order valence-corrected chi connectivity index (χ0v) is 22.9. The number of anilines is 2. The van der Waals surface area contributed by atoms with E-state index in [0.717, 1.165) is 0 Å². The number of hydrogen-bond acceptors (Lipinski definition) is 10. The number of aromatic nitrogens is 2. The fraction of sp³-hybridized carbons (Fsp3) is 0.179. The Hall–Kier alpha value is -4.97. The molecule has 2 aromatic heterocycles. The Kier molecular flexibility index (Phi) is 7.83. The van der Waals surface area contributed by atoms with E-state index >= 15 is 0 Å². The second-order valence-corrected chi connectivity index (χ2v) is 9.20. The van der Waals surface area contributed by atoms with Crippen LogP contribution in [-0.2, 0) is 9.53 Å². The van der Waals surface area contributed by atoms with Crippen molar-refractivity contribution in [3.05, 3.63) is 88.0 Å². The molecule has 1 aliphatic rings. The number of esters is 1. The molecular weight excluding hydrogens is 555 g/mol. The van der Waals surface area contributed by atoms with Crippen LogP contribution < -0.4 is 20.7 Å². The summed E-state index contributed by atoms with van der Waals surface area (Å²) in [6, 6.07) is 11.2. The highest BCUT2D eigenvalue weighted by Gasteiger charge is 2.32. The molecule has 0 aliphatic carbocycles. The minimum absolute atomic E-state index is 0.0675. The number of rotatable bonds is 7. The maximum absolute atomic E-state index is 13.6. The summed E-state index contributed by atoms with van der Waals surface area (Å²) < 4.78 is 29.5. The number of benzene rings is 2. The van der Waals surface area contributed by atoms with Crippen LogP contribution in [0.25, 0.3) is 11.1 Å². The number of methoxy groups -OCH3 is 1. The number of hydrogen-bond donors (Lipinski definition) is 3. The number of allylic oxidation sites excluding steroid dienone is 1. The first-order chi connectivity index (χ1) is 19.7. The molecule has 0 radical (unpaired) electrons. The Morgan fingerprint density at radius 3 is 2.76 bits per heavy atom. The van der Waals surface area contributed by atoms with E-state index in [4.69, 9.17) is 30.5 Å². The smallest absolute Gasteiger partial charge is 0.338 e. The average Bonchev–Trinajstić information content (AvgIpc) is 3.33. The number of nitrogens with zero attached hydrogens (tertiary/aromatic N) is 3. The van der Waals surface area contributed by atoms with Gasteiger partial charge in [0.15, 0.2) is 5.58 Å². The normalized spacial score (nSPS) is 14.8. The van der Waals surface area contributed by atoms with Gasteiger partial charge < -0.3 is 24.5 Å². The van der Waals surface area contributed by atoms with Crippen molar-refractivity contribution in [2.45, 2.75) is 19.9 Å². The van der Waals surface area contributed by atoms with E-state index in [9.17, 15) is 14.0 Å². The van der Waals surface area contributed by atoms with Crippen LogP contribution in [-0.4, -0.2) is 41.5 Å². The molecule has 0 fully saturated rings. The molecule has 11 nitrogen and oxygen atoms in total. The first-order valence-corrected chi connectivity index (χ1v) is 12.8. The molecule has 0 spiro atoms. The molecule has 0 saturated heterocycles. The van der Waals surface area contributed by atoms with Gasteiger partial charge in [0.25, 0.3) is 5.91 Å². The minimum Gasteiger partial charge on any atom is -0.494 e. The van der Waals surface area contributed by atoms with Gasteiger partial charge in [0.1, 0.15) is 28.9 Å². The number of carbonyl (C=O) groups excluding carboxylic acids is 2. The number of nitrogens with one attached hydrogen (secondary N) is 3. The molecule has 2 aromatic carbocycles. The standard InChI is InChI=1S/C28H24ClFN6O5/c1-4-40-17-6-7-18(19(29)13-17)24-23(25(37)34-22-11-15(9-10-31-22)26(38)39-3)14(2)32-27(35-24)36-28-33-20-8-5-16(30)12-21(20)41-28/h5-13,24H,4H2,1-3H3,(H,31,34,37)(H2,32,33,35,36). The fourth-order valence-corrected chi connectivity index (χ4v) is 4.50. The van der Waals surface area contributed by atoms with Crippen LogP contribution in [0.2, 0.25) is 5.02 Å². The maximum Gasteiger partial charge on any atom is 0.338 e. The average molecular weight is 579 g/mol. The molecule has 1 atom stereocenters. The van der Waals surface area contributed by atoms with E-state index < -0.39 is 23.7 Å². The molecular formula is C28H24ClFN6O5. The fourth-order valence-electron chi connectivity index (χ4n) is 4.23. The van der Waals surface area contributed by atoms with Crippen molar-refractivity contribution >= 4 is 52.4 Å². The molecule has 3 N–H and O–H groups in total. The number of halogens is 2. The van der Waals surface area contributed by atoms with E-state index in [2.05, 4.69) is 25.9 Å². The van der Waals surface area contributed by atoms with Gasteiger partial charge in [-0.15, -0.1) is 0 Å². The molecule has 0 bridgehead atoms. The molecule has 4 aromatic rings. The van der Waals surface area contributed by atoms with Crippen molar-refractivity contribution in [2.24, 2.45) is 4.99 Å². The van der Waals surface area contributed by atoms with Gasteiger partial charge in [-0.2, -0.15) is 4.98 Å². The lowest BCUT2D eigenvalue weighted by Crippen LogP contribution is -2.37. The van der Waals surface area contributed by atoms with E-state index in [1.54, 1.807) is 25.1 Å². The van der Waals surface area contributed by atoms with E-state index in [1.807, 2.05) is 6.92 Å². The molecule has 5 rings (SSSR count). The van der Waals surface area contributed by atoms with Gasteiger partial charge in [-0.05, 0) is 50.2 Å². The molecule has 3 heterocycles. The summed E-state index contributed by atoms with van der Waals surface area (Å²) in [7, 11) is 1.26. The first-order valence-electron chi connectivity index (χ1n) is 12.4. The lowest BCUT2D eigenvalue weighted by molar-refractivity contribution is -0.113. The molecule has 1 unspecified atom stereocenters. The summed E-state index contributed by atoms with van der Waals surface area (Å²) in [5.74, 6) is -0.641.